The van der Waals surface area contributed by atoms with Gasteiger partial charge in [-0.2, -0.15) is 0 Å². The van der Waals surface area contributed by atoms with Crippen molar-refractivity contribution in [3.05, 3.63) is 64.7 Å². The Morgan fingerprint density at radius 2 is 1.86 bits per heavy atom. The fourth-order valence-electron chi connectivity index (χ4n) is 2.95. The molecule has 0 aliphatic heterocycles. The van der Waals surface area contributed by atoms with E-state index in [0.717, 1.165) is 22.9 Å². The topological polar surface area (TPSA) is 51.8 Å². The van der Waals surface area contributed by atoms with Crippen molar-refractivity contribution in [3.8, 4) is 11.5 Å². The van der Waals surface area contributed by atoms with Crippen molar-refractivity contribution in [2.24, 2.45) is 0 Å². The van der Waals surface area contributed by atoms with Gasteiger partial charge in [0.2, 0.25) is 11.8 Å². The zero-order valence-electron chi connectivity index (χ0n) is 11.9. The average Bonchev–Trinajstić information content (AvgIpc) is 2.99. The molecule has 22 heavy (non-hydrogen) atoms. The molecule has 0 radical (unpaired) electrons. The van der Waals surface area contributed by atoms with Crippen LogP contribution in [0.5, 0.6) is 0 Å². The number of halogens is 1. The second-order valence-corrected chi connectivity index (χ2v) is 6.51. The van der Waals surface area contributed by atoms with Gasteiger partial charge >= 0.3 is 0 Å². The Morgan fingerprint density at radius 3 is 2.50 bits per heavy atom. The standard InChI is InChI=1S/C17H14BrN3O/c18-14-6-4-13(5-7-14)17(8-2-9-17)16-21-20-15(22-16)12-3-1-10-19-11-12/h1,3-7,10-11H,2,8-9H2. The van der Waals surface area contributed by atoms with Gasteiger partial charge in [0.25, 0.3) is 0 Å². The van der Waals surface area contributed by atoms with Crippen molar-refractivity contribution in [2.45, 2.75) is 24.7 Å². The minimum Gasteiger partial charge on any atom is -0.420 e. The molecule has 1 aliphatic carbocycles. The van der Waals surface area contributed by atoms with Gasteiger partial charge < -0.3 is 4.42 Å². The first kappa shape index (κ1) is 13.6. The Hall–Kier alpha value is -2.01. The van der Waals surface area contributed by atoms with Crippen LogP contribution in [0.2, 0.25) is 0 Å². The third-order valence-electron chi connectivity index (χ3n) is 4.35. The molecule has 110 valence electrons. The number of rotatable bonds is 3. The lowest BCUT2D eigenvalue weighted by Crippen LogP contribution is -2.35. The molecule has 0 spiro atoms. The number of hydrogen-bond donors (Lipinski definition) is 0. The molecular weight excluding hydrogens is 342 g/mol. The number of pyridine rings is 1. The van der Waals surface area contributed by atoms with Crippen LogP contribution in [-0.4, -0.2) is 15.2 Å². The molecule has 0 amide bonds. The first-order chi connectivity index (χ1) is 10.8. The molecule has 0 unspecified atom stereocenters. The third kappa shape index (κ3) is 2.16. The summed E-state index contributed by atoms with van der Waals surface area (Å²) in [6, 6.07) is 12.2. The molecule has 1 fully saturated rings. The van der Waals surface area contributed by atoms with Crippen LogP contribution in [0.4, 0.5) is 0 Å². The molecule has 4 nitrogen and oxygen atoms in total. The first-order valence-corrected chi connectivity index (χ1v) is 8.08. The van der Waals surface area contributed by atoms with Gasteiger partial charge in [0, 0.05) is 16.9 Å². The number of hydrogen-bond acceptors (Lipinski definition) is 4. The molecule has 2 aromatic heterocycles. The molecular formula is C17H14BrN3O. The summed E-state index contributed by atoms with van der Waals surface area (Å²) in [5.41, 5.74) is 1.96. The molecule has 0 N–H and O–H groups in total. The lowest BCUT2D eigenvalue weighted by atomic mass is 9.64. The van der Waals surface area contributed by atoms with Gasteiger partial charge in [0.1, 0.15) is 0 Å². The van der Waals surface area contributed by atoms with Crippen LogP contribution in [0.1, 0.15) is 30.7 Å². The SMILES string of the molecule is Brc1ccc(C2(c3nnc(-c4cccnc4)o3)CCC2)cc1. The summed E-state index contributed by atoms with van der Waals surface area (Å²) in [6.07, 6.45) is 6.74. The van der Waals surface area contributed by atoms with Gasteiger partial charge in [0.05, 0.1) is 11.0 Å². The van der Waals surface area contributed by atoms with Crippen molar-refractivity contribution < 1.29 is 4.42 Å². The second-order valence-electron chi connectivity index (χ2n) is 5.60. The zero-order chi connectivity index (χ0) is 15.0. The third-order valence-corrected chi connectivity index (χ3v) is 4.88. The number of nitrogens with zero attached hydrogens (tertiary/aromatic N) is 3. The van der Waals surface area contributed by atoms with Crippen LogP contribution in [0, 0.1) is 0 Å². The molecule has 5 heteroatoms. The van der Waals surface area contributed by atoms with Crippen LogP contribution in [0.15, 0.2) is 57.7 Å². The summed E-state index contributed by atoms with van der Waals surface area (Å²) >= 11 is 3.48. The minimum atomic E-state index is -0.131. The monoisotopic (exact) mass is 355 g/mol. The summed E-state index contributed by atoms with van der Waals surface area (Å²) in [7, 11) is 0. The zero-order valence-corrected chi connectivity index (χ0v) is 13.5. The van der Waals surface area contributed by atoms with Crippen LogP contribution < -0.4 is 0 Å². The Morgan fingerprint density at radius 1 is 1.05 bits per heavy atom. The summed E-state index contributed by atoms with van der Waals surface area (Å²) in [4.78, 5) is 4.10. The van der Waals surface area contributed by atoms with E-state index >= 15 is 0 Å². The lowest BCUT2D eigenvalue weighted by Gasteiger charge is -2.39. The van der Waals surface area contributed by atoms with E-state index in [-0.39, 0.29) is 5.41 Å². The van der Waals surface area contributed by atoms with Crippen molar-refractivity contribution in [2.75, 3.05) is 0 Å². The van der Waals surface area contributed by atoms with E-state index < -0.39 is 0 Å². The molecule has 0 saturated heterocycles. The summed E-state index contributed by atoms with van der Waals surface area (Å²) < 4.78 is 7.06. The molecule has 4 rings (SSSR count). The Labute approximate surface area is 136 Å². The minimum absolute atomic E-state index is 0.131. The van der Waals surface area contributed by atoms with Gasteiger partial charge in [-0.1, -0.05) is 34.5 Å². The van der Waals surface area contributed by atoms with Gasteiger partial charge in [-0.05, 0) is 42.7 Å². The highest BCUT2D eigenvalue weighted by atomic mass is 79.9. The van der Waals surface area contributed by atoms with Crippen molar-refractivity contribution in [3.63, 3.8) is 0 Å². The molecule has 3 aromatic rings. The fourth-order valence-corrected chi connectivity index (χ4v) is 3.21. The van der Waals surface area contributed by atoms with Crippen LogP contribution >= 0.6 is 15.9 Å². The highest BCUT2D eigenvalue weighted by Crippen LogP contribution is 2.48. The van der Waals surface area contributed by atoms with Crippen LogP contribution in [0.3, 0.4) is 0 Å². The smallest absolute Gasteiger partial charge is 0.249 e. The highest BCUT2D eigenvalue weighted by molar-refractivity contribution is 9.10. The summed E-state index contributed by atoms with van der Waals surface area (Å²) in [5.74, 6) is 1.24. The average molecular weight is 356 g/mol. The molecule has 1 aliphatic rings. The highest BCUT2D eigenvalue weighted by Gasteiger charge is 2.45. The quantitative estimate of drug-likeness (QED) is 0.700. The van der Waals surface area contributed by atoms with Crippen molar-refractivity contribution in [1.82, 2.24) is 15.2 Å². The Balaban J connectivity index is 1.74. The maximum atomic E-state index is 5.99. The van der Waals surface area contributed by atoms with Gasteiger partial charge in [-0.25, -0.2) is 0 Å². The molecule has 2 heterocycles. The van der Waals surface area contributed by atoms with E-state index in [1.54, 1.807) is 12.4 Å². The van der Waals surface area contributed by atoms with Crippen LogP contribution in [0.25, 0.3) is 11.5 Å². The van der Waals surface area contributed by atoms with Crippen LogP contribution in [-0.2, 0) is 5.41 Å². The fraction of sp³-hybridized carbons (Fsp3) is 0.235. The van der Waals surface area contributed by atoms with E-state index in [1.165, 1.54) is 12.0 Å². The maximum absolute atomic E-state index is 5.99. The second kappa shape index (κ2) is 5.32. The Kier molecular flexibility index (Phi) is 3.30. The normalized spacial score (nSPS) is 16.2. The maximum Gasteiger partial charge on any atom is 0.249 e. The summed E-state index contributed by atoms with van der Waals surface area (Å²) in [5, 5.41) is 8.54. The predicted octanol–water partition coefficient (Wildman–Crippen LogP) is 4.36. The van der Waals surface area contributed by atoms with E-state index in [9.17, 15) is 0 Å². The van der Waals surface area contributed by atoms with Crippen molar-refractivity contribution >= 4 is 15.9 Å². The van der Waals surface area contributed by atoms with Gasteiger partial charge in [-0.15, -0.1) is 10.2 Å². The first-order valence-electron chi connectivity index (χ1n) is 7.28. The van der Waals surface area contributed by atoms with E-state index in [0.29, 0.717) is 11.8 Å². The lowest BCUT2D eigenvalue weighted by molar-refractivity contribution is 0.241. The molecule has 1 saturated carbocycles. The summed E-state index contributed by atoms with van der Waals surface area (Å²) in [6.45, 7) is 0. The van der Waals surface area contributed by atoms with E-state index in [4.69, 9.17) is 4.42 Å². The van der Waals surface area contributed by atoms with E-state index in [2.05, 4.69) is 55.4 Å². The molecule has 0 bridgehead atoms. The molecule has 1 aromatic carbocycles. The van der Waals surface area contributed by atoms with Crippen molar-refractivity contribution in [1.29, 1.82) is 0 Å². The number of aromatic nitrogens is 3. The largest absolute Gasteiger partial charge is 0.420 e. The van der Waals surface area contributed by atoms with E-state index in [1.807, 2.05) is 12.1 Å². The van der Waals surface area contributed by atoms with Gasteiger partial charge in [-0.3, -0.25) is 4.98 Å². The number of benzene rings is 1. The van der Waals surface area contributed by atoms with Gasteiger partial charge in [0.15, 0.2) is 0 Å². The predicted molar refractivity (Wildman–Crippen MR) is 86.3 cm³/mol. The Bertz CT molecular complexity index is 779. The molecule has 0 atom stereocenters.